The molecule has 0 saturated carbocycles. The number of carbonyl (C=O) groups excluding carboxylic acids is 2. The van der Waals surface area contributed by atoms with Gasteiger partial charge >= 0.3 is 0 Å². The Kier molecular flexibility index (Phi) is 5.34. The van der Waals surface area contributed by atoms with Crippen molar-refractivity contribution in [1.29, 1.82) is 0 Å². The summed E-state index contributed by atoms with van der Waals surface area (Å²) in [6.07, 6.45) is 5.39. The third-order valence-electron chi connectivity index (χ3n) is 4.93. The molecule has 1 N–H and O–H groups in total. The highest BCUT2D eigenvalue weighted by molar-refractivity contribution is 9.10. The molecule has 3 heterocycles. The number of likely N-dealkylation sites (tertiary alicyclic amines) is 1. The van der Waals surface area contributed by atoms with Crippen LogP contribution in [0.1, 0.15) is 33.8 Å². The van der Waals surface area contributed by atoms with Crippen molar-refractivity contribution in [3.8, 4) is 5.69 Å². The average Bonchev–Trinajstić information content (AvgIpc) is 3.40. The number of nitrogens with zero attached hydrogens (tertiary/aromatic N) is 2. The van der Waals surface area contributed by atoms with Crippen LogP contribution in [0.25, 0.3) is 5.69 Å². The second kappa shape index (κ2) is 8.06. The second-order valence-corrected chi connectivity index (χ2v) is 7.56. The first-order valence-corrected chi connectivity index (χ1v) is 9.98. The second-order valence-electron chi connectivity index (χ2n) is 6.78. The van der Waals surface area contributed by atoms with E-state index in [0.29, 0.717) is 23.3 Å². The van der Waals surface area contributed by atoms with Crippen molar-refractivity contribution in [3.63, 3.8) is 0 Å². The van der Waals surface area contributed by atoms with Crippen molar-refractivity contribution in [3.05, 3.63) is 76.9 Å². The Hall–Kier alpha value is -2.80. The minimum absolute atomic E-state index is 0.0267. The number of furan rings is 1. The monoisotopic (exact) mass is 441 g/mol. The van der Waals surface area contributed by atoms with E-state index >= 15 is 0 Å². The van der Waals surface area contributed by atoms with Gasteiger partial charge in [-0.05, 0) is 77.3 Å². The number of benzene rings is 1. The van der Waals surface area contributed by atoms with Crippen LogP contribution in [0, 0.1) is 0 Å². The zero-order valence-corrected chi connectivity index (χ0v) is 16.8. The number of carbonyl (C=O) groups is 2. The van der Waals surface area contributed by atoms with Gasteiger partial charge in [0.2, 0.25) is 0 Å². The molecule has 1 saturated heterocycles. The molecule has 3 aromatic rings. The van der Waals surface area contributed by atoms with E-state index in [1.165, 1.54) is 0 Å². The van der Waals surface area contributed by atoms with Crippen LogP contribution < -0.4 is 5.32 Å². The summed E-state index contributed by atoms with van der Waals surface area (Å²) < 4.78 is 7.81. The van der Waals surface area contributed by atoms with Crippen LogP contribution >= 0.6 is 15.9 Å². The number of aromatic nitrogens is 1. The molecular weight excluding hydrogens is 422 g/mol. The third kappa shape index (κ3) is 4.04. The van der Waals surface area contributed by atoms with Gasteiger partial charge in [-0.2, -0.15) is 0 Å². The molecule has 1 aliphatic rings. The first-order valence-electron chi connectivity index (χ1n) is 9.19. The van der Waals surface area contributed by atoms with Crippen LogP contribution in [0.5, 0.6) is 0 Å². The van der Waals surface area contributed by atoms with Crippen LogP contribution in [0.4, 0.5) is 0 Å². The fourth-order valence-corrected chi connectivity index (χ4v) is 3.69. The molecule has 0 aliphatic carbocycles. The van der Waals surface area contributed by atoms with Crippen molar-refractivity contribution >= 4 is 27.7 Å². The van der Waals surface area contributed by atoms with Gasteiger partial charge in [0.1, 0.15) is 0 Å². The summed E-state index contributed by atoms with van der Waals surface area (Å²) in [6, 6.07) is 14.9. The highest BCUT2D eigenvalue weighted by atomic mass is 79.9. The molecular formula is C21H20BrN3O3. The SMILES string of the molecule is O=C(NC1CCN(C(=O)c2ccc(-n3cccc3)cc2)CC1)c1ccc(Br)o1. The quantitative estimate of drug-likeness (QED) is 0.667. The van der Waals surface area contributed by atoms with E-state index in [9.17, 15) is 9.59 Å². The Labute approximate surface area is 171 Å². The van der Waals surface area contributed by atoms with Crippen molar-refractivity contribution < 1.29 is 14.0 Å². The third-order valence-corrected chi connectivity index (χ3v) is 5.36. The summed E-state index contributed by atoms with van der Waals surface area (Å²) in [4.78, 5) is 26.8. The predicted octanol–water partition coefficient (Wildman–Crippen LogP) is 3.87. The van der Waals surface area contributed by atoms with E-state index in [1.807, 2.05) is 58.3 Å². The lowest BCUT2D eigenvalue weighted by Gasteiger charge is -2.32. The Morgan fingerprint density at radius 3 is 2.29 bits per heavy atom. The molecule has 0 spiro atoms. The molecule has 1 aliphatic heterocycles. The van der Waals surface area contributed by atoms with Gasteiger partial charge in [0.15, 0.2) is 10.4 Å². The highest BCUT2D eigenvalue weighted by Gasteiger charge is 2.25. The van der Waals surface area contributed by atoms with Gasteiger partial charge in [0, 0.05) is 42.8 Å². The normalized spacial score (nSPS) is 14.8. The first kappa shape index (κ1) is 18.6. The Morgan fingerprint density at radius 1 is 1.00 bits per heavy atom. The van der Waals surface area contributed by atoms with Crippen molar-refractivity contribution in [1.82, 2.24) is 14.8 Å². The minimum Gasteiger partial charge on any atom is -0.444 e. The maximum absolute atomic E-state index is 12.8. The molecule has 1 fully saturated rings. The van der Waals surface area contributed by atoms with Gasteiger partial charge in [-0.15, -0.1) is 0 Å². The average molecular weight is 442 g/mol. The molecule has 1 aromatic carbocycles. The van der Waals surface area contributed by atoms with E-state index in [0.717, 1.165) is 18.5 Å². The summed E-state index contributed by atoms with van der Waals surface area (Å²) in [5.74, 6) is 0.0861. The lowest BCUT2D eigenvalue weighted by Crippen LogP contribution is -2.46. The maximum atomic E-state index is 12.8. The number of hydrogen-bond acceptors (Lipinski definition) is 3. The number of hydrogen-bond donors (Lipinski definition) is 1. The molecule has 28 heavy (non-hydrogen) atoms. The highest BCUT2D eigenvalue weighted by Crippen LogP contribution is 2.18. The summed E-state index contributed by atoms with van der Waals surface area (Å²) in [6.45, 7) is 1.23. The van der Waals surface area contributed by atoms with E-state index < -0.39 is 0 Å². The van der Waals surface area contributed by atoms with Gasteiger partial charge in [0.05, 0.1) is 0 Å². The van der Waals surface area contributed by atoms with E-state index in [1.54, 1.807) is 12.1 Å². The van der Waals surface area contributed by atoms with E-state index in [-0.39, 0.29) is 23.6 Å². The zero-order valence-electron chi connectivity index (χ0n) is 15.2. The van der Waals surface area contributed by atoms with E-state index in [4.69, 9.17) is 4.42 Å². The minimum atomic E-state index is -0.226. The lowest BCUT2D eigenvalue weighted by atomic mass is 10.0. The van der Waals surface area contributed by atoms with E-state index in [2.05, 4.69) is 21.2 Å². The summed E-state index contributed by atoms with van der Waals surface area (Å²) in [5, 5.41) is 2.98. The largest absolute Gasteiger partial charge is 0.444 e. The van der Waals surface area contributed by atoms with Gasteiger partial charge in [-0.1, -0.05) is 0 Å². The van der Waals surface area contributed by atoms with Crippen molar-refractivity contribution in [2.75, 3.05) is 13.1 Å². The molecule has 7 heteroatoms. The first-order chi connectivity index (χ1) is 13.6. The molecule has 6 nitrogen and oxygen atoms in total. The summed E-state index contributed by atoms with van der Waals surface area (Å²) in [7, 11) is 0. The van der Waals surface area contributed by atoms with Crippen LogP contribution in [0.3, 0.4) is 0 Å². The fraction of sp³-hybridized carbons (Fsp3) is 0.238. The molecule has 0 bridgehead atoms. The smallest absolute Gasteiger partial charge is 0.287 e. The standard InChI is InChI=1S/C21H20BrN3O3/c22-19-8-7-18(28-19)20(26)23-16-9-13-25(14-10-16)21(27)15-3-5-17(6-4-15)24-11-1-2-12-24/h1-8,11-12,16H,9-10,13-14H2,(H,23,26). The van der Waals surface area contributed by atoms with Gasteiger partial charge in [-0.3, -0.25) is 9.59 Å². The fourth-order valence-electron chi connectivity index (χ4n) is 3.39. The number of nitrogens with one attached hydrogen (secondary N) is 1. The van der Waals surface area contributed by atoms with Crippen molar-refractivity contribution in [2.45, 2.75) is 18.9 Å². The molecule has 2 amide bonds. The Balaban J connectivity index is 1.32. The van der Waals surface area contributed by atoms with Crippen LogP contribution in [-0.2, 0) is 0 Å². The Morgan fingerprint density at radius 2 is 1.68 bits per heavy atom. The summed E-state index contributed by atoms with van der Waals surface area (Å²) in [5.41, 5.74) is 1.70. The zero-order chi connectivity index (χ0) is 19.5. The number of amides is 2. The summed E-state index contributed by atoms with van der Waals surface area (Å²) >= 11 is 3.20. The van der Waals surface area contributed by atoms with Crippen LogP contribution in [-0.4, -0.2) is 40.4 Å². The van der Waals surface area contributed by atoms with Gasteiger partial charge < -0.3 is 19.2 Å². The number of rotatable bonds is 4. The topological polar surface area (TPSA) is 67.5 Å². The van der Waals surface area contributed by atoms with Crippen LogP contribution in [0.2, 0.25) is 0 Å². The molecule has 144 valence electrons. The molecule has 4 rings (SSSR count). The molecule has 0 unspecified atom stereocenters. The number of halogens is 1. The van der Waals surface area contributed by atoms with Crippen molar-refractivity contribution in [2.24, 2.45) is 0 Å². The molecule has 0 radical (unpaired) electrons. The maximum Gasteiger partial charge on any atom is 0.287 e. The van der Waals surface area contributed by atoms with Gasteiger partial charge in [0.25, 0.3) is 11.8 Å². The van der Waals surface area contributed by atoms with Gasteiger partial charge in [-0.25, -0.2) is 0 Å². The number of piperidine rings is 1. The van der Waals surface area contributed by atoms with Crippen LogP contribution in [0.15, 0.2) is 70.0 Å². The molecule has 2 aromatic heterocycles. The molecule has 0 atom stereocenters. The lowest BCUT2D eigenvalue weighted by molar-refractivity contribution is 0.0695. The predicted molar refractivity (Wildman–Crippen MR) is 109 cm³/mol. The Bertz CT molecular complexity index is 955.